The number of ether oxygens (including phenoxy) is 2. The van der Waals surface area contributed by atoms with Crippen LogP contribution in [0.4, 0.5) is 0 Å². The number of rotatable bonds is 3. The Morgan fingerprint density at radius 3 is 2.73 bits per heavy atom. The van der Waals surface area contributed by atoms with Gasteiger partial charge in [-0.05, 0) is 26.7 Å². The first-order valence-electron chi connectivity index (χ1n) is 5.53. The molecule has 0 aromatic heterocycles. The zero-order valence-electron chi connectivity index (χ0n) is 9.53. The summed E-state index contributed by atoms with van der Waals surface area (Å²) in [6.45, 7) is 5.69. The van der Waals surface area contributed by atoms with Gasteiger partial charge in [0.2, 0.25) is 0 Å². The highest BCUT2D eigenvalue weighted by atomic mass is 35.5. The van der Waals surface area contributed by atoms with Gasteiger partial charge >= 0.3 is 5.97 Å². The minimum absolute atomic E-state index is 0.0217. The first-order chi connectivity index (χ1) is 7.02. The Labute approximate surface area is 96.1 Å². The molecule has 0 N–H and O–H groups in total. The van der Waals surface area contributed by atoms with Crippen molar-refractivity contribution in [1.29, 1.82) is 0 Å². The summed E-state index contributed by atoms with van der Waals surface area (Å²) < 4.78 is 10.7. The average molecular weight is 235 g/mol. The van der Waals surface area contributed by atoms with Crippen LogP contribution in [0.15, 0.2) is 0 Å². The van der Waals surface area contributed by atoms with Gasteiger partial charge in [0.25, 0.3) is 0 Å². The normalized spacial score (nSPS) is 31.7. The van der Waals surface area contributed by atoms with Crippen LogP contribution in [0.1, 0.15) is 40.0 Å². The molecule has 0 saturated carbocycles. The van der Waals surface area contributed by atoms with E-state index in [0.717, 1.165) is 12.8 Å². The van der Waals surface area contributed by atoms with Gasteiger partial charge < -0.3 is 9.47 Å². The van der Waals surface area contributed by atoms with Gasteiger partial charge in [-0.25, -0.2) is 4.79 Å². The molecule has 0 spiro atoms. The number of hydrogen-bond donors (Lipinski definition) is 0. The van der Waals surface area contributed by atoms with Gasteiger partial charge in [-0.2, -0.15) is 0 Å². The van der Waals surface area contributed by atoms with Gasteiger partial charge in [0.1, 0.15) is 0 Å². The molecule has 0 aromatic rings. The van der Waals surface area contributed by atoms with Crippen LogP contribution in [0, 0.1) is 0 Å². The van der Waals surface area contributed by atoms with E-state index in [2.05, 4.69) is 0 Å². The molecule has 0 aromatic carbocycles. The number of halogens is 1. The largest absolute Gasteiger partial charge is 0.461 e. The first kappa shape index (κ1) is 12.8. The second-order valence-electron chi connectivity index (χ2n) is 4.21. The van der Waals surface area contributed by atoms with Crippen molar-refractivity contribution >= 4 is 17.6 Å². The molecule has 0 radical (unpaired) electrons. The highest BCUT2D eigenvalue weighted by Crippen LogP contribution is 2.26. The SMILES string of the molecule is CC[C@H]1C[C@@H](Cl)C[C@@H](C(=O)OC(C)C)O1. The predicted molar refractivity (Wildman–Crippen MR) is 59.1 cm³/mol. The average Bonchev–Trinajstić information content (AvgIpc) is 2.15. The number of esters is 1. The van der Waals surface area contributed by atoms with Crippen molar-refractivity contribution in [3.05, 3.63) is 0 Å². The van der Waals surface area contributed by atoms with E-state index in [1.165, 1.54) is 0 Å². The zero-order chi connectivity index (χ0) is 11.4. The van der Waals surface area contributed by atoms with Crippen molar-refractivity contribution in [1.82, 2.24) is 0 Å². The fourth-order valence-electron chi connectivity index (χ4n) is 1.68. The summed E-state index contributed by atoms with van der Waals surface area (Å²) in [7, 11) is 0. The van der Waals surface area contributed by atoms with E-state index in [1.54, 1.807) is 0 Å². The Kier molecular flexibility index (Phi) is 4.87. The van der Waals surface area contributed by atoms with Crippen molar-refractivity contribution in [2.75, 3.05) is 0 Å². The molecule has 0 unspecified atom stereocenters. The molecule has 3 atom stereocenters. The van der Waals surface area contributed by atoms with Gasteiger partial charge in [0.05, 0.1) is 12.2 Å². The fraction of sp³-hybridized carbons (Fsp3) is 0.909. The molecule has 4 heteroatoms. The van der Waals surface area contributed by atoms with Crippen LogP contribution >= 0.6 is 11.6 Å². The molecular weight excluding hydrogens is 216 g/mol. The molecule has 88 valence electrons. The van der Waals surface area contributed by atoms with Crippen molar-refractivity contribution < 1.29 is 14.3 Å². The molecule has 0 bridgehead atoms. The second kappa shape index (κ2) is 5.71. The molecule has 1 heterocycles. The topological polar surface area (TPSA) is 35.5 Å². The fourth-order valence-corrected chi connectivity index (χ4v) is 2.04. The lowest BCUT2D eigenvalue weighted by molar-refractivity contribution is -0.169. The minimum Gasteiger partial charge on any atom is -0.461 e. The quantitative estimate of drug-likeness (QED) is 0.556. The van der Waals surface area contributed by atoms with E-state index in [9.17, 15) is 4.79 Å². The molecule has 3 nitrogen and oxygen atoms in total. The Morgan fingerprint density at radius 1 is 1.53 bits per heavy atom. The Morgan fingerprint density at radius 2 is 2.20 bits per heavy atom. The van der Waals surface area contributed by atoms with Crippen LogP contribution in [-0.4, -0.2) is 29.7 Å². The van der Waals surface area contributed by atoms with E-state index in [1.807, 2.05) is 20.8 Å². The van der Waals surface area contributed by atoms with Crippen LogP contribution < -0.4 is 0 Å². The van der Waals surface area contributed by atoms with Crippen LogP contribution in [0.5, 0.6) is 0 Å². The number of hydrogen-bond acceptors (Lipinski definition) is 3. The summed E-state index contributed by atoms with van der Waals surface area (Å²) in [6.07, 6.45) is 1.78. The third kappa shape index (κ3) is 3.99. The lowest BCUT2D eigenvalue weighted by Crippen LogP contribution is -2.39. The van der Waals surface area contributed by atoms with E-state index < -0.39 is 6.10 Å². The molecular formula is C11H19ClO3. The van der Waals surface area contributed by atoms with Crippen LogP contribution in [0.2, 0.25) is 0 Å². The molecule has 15 heavy (non-hydrogen) atoms. The summed E-state index contributed by atoms with van der Waals surface area (Å²) in [4.78, 5) is 11.6. The molecule has 1 saturated heterocycles. The summed E-state index contributed by atoms with van der Waals surface area (Å²) in [5.41, 5.74) is 0. The third-order valence-corrected chi connectivity index (χ3v) is 2.77. The van der Waals surface area contributed by atoms with Crippen LogP contribution in [0.3, 0.4) is 0 Å². The standard InChI is InChI=1S/C11H19ClO3/c1-4-9-5-8(12)6-10(15-9)11(13)14-7(2)3/h7-10H,4-6H2,1-3H3/t8-,9+,10+/m1/s1. The molecule has 0 amide bonds. The van der Waals surface area contributed by atoms with Crippen molar-refractivity contribution in [2.45, 2.75) is 63.7 Å². The predicted octanol–water partition coefficient (Wildman–Crippen LogP) is 2.50. The second-order valence-corrected chi connectivity index (χ2v) is 4.83. The molecule has 1 fully saturated rings. The zero-order valence-corrected chi connectivity index (χ0v) is 10.3. The lowest BCUT2D eigenvalue weighted by atomic mass is 10.0. The molecule has 1 aliphatic rings. The van der Waals surface area contributed by atoms with E-state index in [4.69, 9.17) is 21.1 Å². The van der Waals surface area contributed by atoms with Crippen LogP contribution in [-0.2, 0) is 14.3 Å². The Balaban J connectivity index is 2.50. The molecule has 1 rings (SSSR count). The van der Waals surface area contributed by atoms with Gasteiger partial charge in [-0.15, -0.1) is 11.6 Å². The molecule has 0 aliphatic carbocycles. The summed E-state index contributed by atoms with van der Waals surface area (Å²) in [6, 6.07) is 0. The highest BCUT2D eigenvalue weighted by molar-refractivity contribution is 6.20. The maximum absolute atomic E-state index is 11.6. The van der Waals surface area contributed by atoms with E-state index in [0.29, 0.717) is 6.42 Å². The van der Waals surface area contributed by atoms with Crippen LogP contribution in [0.25, 0.3) is 0 Å². The van der Waals surface area contributed by atoms with Gasteiger partial charge in [-0.3, -0.25) is 0 Å². The Bertz CT molecular complexity index is 218. The summed E-state index contributed by atoms with van der Waals surface area (Å²) in [5.74, 6) is -0.284. The summed E-state index contributed by atoms with van der Waals surface area (Å²) in [5, 5.41) is 0.0217. The van der Waals surface area contributed by atoms with Crippen molar-refractivity contribution in [3.63, 3.8) is 0 Å². The first-order valence-corrected chi connectivity index (χ1v) is 5.96. The molecule has 1 aliphatic heterocycles. The van der Waals surface area contributed by atoms with E-state index in [-0.39, 0.29) is 23.6 Å². The maximum Gasteiger partial charge on any atom is 0.335 e. The number of carbonyl (C=O) groups is 1. The third-order valence-electron chi connectivity index (χ3n) is 2.42. The minimum atomic E-state index is -0.478. The van der Waals surface area contributed by atoms with E-state index >= 15 is 0 Å². The van der Waals surface area contributed by atoms with Gasteiger partial charge in [-0.1, -0.05) is 6.92 Å². The number of carbonyl (C=O) groups excluding carboxylic acids is 1. The maximum atomic E-state index is 11.6. The van der Waals surface area contributed by atoms with Crippen molar-refractivity contribution in [2.24, 2.45) is 0 Å². The smallest absolute Gasteiger partial charge is 0.335 e. The summed E-state index contributed by atoms with van der Waals surface area (Å²) >= 11 is 6.08. The Hall–Kier alpha value is -0.280. The van der Waals surface area contributed by atoms with Gasteiger partial charge in [0, 0.05) is 11.8 Å². The van der Waals surface area contributed by atoms with Crippen molar-refractivity contribution in [3.8, 4) is 0 Å². The van der Waals surface area contributed by atoms with Gasteiger partial charge in [0.15, 0.2) is 6.10 Å². The number of alkyl halides is 1. The highest BCUT2D eigenvalue weighted by Gasteiger charge is 2.33. The monoisotopic (exact) mass is 234 g/mol. The lowest BCUT2D eigenvalue weighted by Gasteiger charge is -2.31.